The molecule has 0 amide bonds. The second-order valence-electron chi connectivity index (χ2n) is 3.31. The third-order valence-electron chi connectivity index (χ3n) is 2.12. The van der Waals surface area contributed by atoms with E-state index in [1.165, 1.54) is 0 Å². The summed E-state index contributed by atoms with van der Waals surface area (Å²) in [6.07, 6.45) is 0. The van der Waals surface area contributed by atoms with Gasteiger partial charge in [-0.1, -0.05) is 17.7 Å². The molecule has 1 aromatic carbocycles. The van der Waals surface area contributed by atoms with Crippen molar-refractivity contribution in [3.05, 3.63) is 28.8 Å². The van der Waals surface area contributed by atoms with Crippen molar-refractivity contribution in [3.8, 4) is 6.07 Å². The highest BCUT2D eigenvalue weighted by Gasteiger charge is 2.04. The Morgan fingerprint density at radius 1 is 1.35 bits per heavy atom. The number of ether oxygens (including phenoxy) is 2. The predicted molar refractivity (Wildman–Crippen MR) is 67.4 cm³/mol. The van der Waals surface area contributed by atoms with Gasteiger partial charge in [0.25, 0.3) is 0 Å². The Morgan fingerprint density at radius 2 is 2.18 bits per heavy atom. The molecule has 0 spiro atoms. The summed E-state index contributed by atoms with van der Waals surface area (Å²) in [4.78, 5) is 0. The third kappa shape index (κ3) is 4.61. The number of nitrogens with one attached hydrogen (secondary N) is 1. The van der Waals surface area contributed by atoms with E-state index in [9.17, 15) is 0 Å². The molecule has 0 radical (unpaired) electrons. The molecule has 0 aromatic heterocycles. The SMILES string of the molecule is COCCOCCNc1cccc(Cl)c1C#N. The molecule has 0 saturated carbocycles. The van der Waals surface area contributed by atoms with Crippen LogP contribution in [0, 0.1) is 11.3 Å². The zero-order valence-electron chi connectivity index (χ0n) is 9.70. The molecule has 92 valence electrons. The molecule has 0 atom stereocenters. The number of anilines is 1. The van der Waals surface area contributed by atoms with Crippen LogP contribution < -0.4 is 5.32 Å². The van der Waals surface area contributed by atoms with Gasteiger partial charge in [-0.2, -0.15) is 5.26 Å². The largest absolute Gasteiger partial charge is 0.382 e. The van der Waals surface area contributed by atoms with E-state index >= 15 is 0 Å². The van der Waals surface area contributed by atoms with Gasteiger partial charge in [-0.25, -0.2) is 0 Å². The molecule has 0 aliphatic rings. The molecule has 1 N–H and O–H groups in total. The summed E-state index contributed by atoms with van der Waals surface area (Å²) in [7, 11) is 1.63. The van der Waals surface area contributed by atoms with Crippen molar-refractivity contribution in [2.24, 2.45) is 0 Å². The van der Waals surface area contributed by atoms with E-state index in [2.05, 4.69) is 11.4 Å². The minimum atomic E-state index is 0.456. The molecule has 1 aromatic rings. The number of benzene rings is 1. The quantitative estimate of drug-likeness (QED) is 0.759. The Morgan fingerprint density at radius 3 is 2.88 bits per heavy atom. The van der Waals surface area contributed by atoms with E-state index in [-0.39, 0.29) is 0 Å². The summed E-state index contributed by atoms with van der Waals surface area (Å²) in [5.41, 5.74) is 1.20. The van der Waals surface area contributed by atoms with Crippen LogP contribution in [0.3, 0.4) is 0 Å². The summed E-state index contributed by atoms with van der Waals surface area (Å²) in [5.74, 6) is 0. The van der Waals surface area contributed by atoms with E-state index in [1.54, 1.807) is 19.2 Å². The van der Waals surface area contributed by atoms with Gasteiger partial charge in [0.05, 0.1) is 36.1 Å². The van der Waals surface area contributed by atoms with E-state index in [0.29, 0.717) is 37.0 Å². The molecule has 1 rings (SSSR count). The maximum atomic E-state index is 8.95. The van der Waals surface area contributed by atoms with Gasteiger partial charge in [0.1, 0.15) is 6.07 Å². The summed E-state index contributed by atoms with van der Waals surface area (Å²) < 4.78 is 10.1. The highest BCUT2D eigenvalue weighted by Crippen LogP contribution is 2.22. The van der Waals surface area contributed by atoms with E-state index < -0.39 is 0 Å². The molecule has 5 heteroatoms. The van der Waals surface area contributed by atoms with Crippen molar-refractivity contribution in [1.29, 1.82) is 5.26 Å². The number of hydrogen-bond donors (Lipinski definition) is 1. The first-order valence-corrected chi connectivity index (χ1v) is 5.66. The van der Waals surface area contributed by atoms with Crippen LogP contribution in [0.25, 0.3) is 0 Å². The maximum absolute atomic E-state index is 8.95. The Balaban J connectivity index is 2.37. The minimum Gasteiger partial charge on any atom is -0.382 e. The molecular formula is C12H15ClN2O2. The summed E-state index contributed by atoms with van der Waals surface area (Å²) in [6.45, 7) is 2.33. The van der Waals surface area contributed by atoms with Crippen molar-refractivity contribution in [2.75, 3.05) is 38.8 Å². The van der Waals surface area contributed by atoms with Gasteiger partial charge in [0.15, 0.2) is 0 Å². The molecule has 4 nitrogen and oxygen atoms in total. The predicted octanol–water partition coefficient (Wildman–Crippen LogP) is 2.29. The zero-order valence-corrected chi connectivity index (χ0v) is 10.5. The third-order valence-corrected chi connectivity index (χ3v) is 2.43. The van der Waals surface area contributed by atoms with Gasteiger partial charge in [-0.15, -0.1) is 0 Å². The molecule has 0 saturated heterocycles. The lowest BCUT2D eigenvalue weighted by molar-refractivity contribution is 0.0759. The number of halogens is 1. The van der Waals surface area contributed by atoms with Gasteiger partial charge in [-0.3, -0.25) is 0 Å². The highest BCUT2D eigenvalue weighted by atomic mass is 35.5. The van der Waals surface area contributed by atoms with Crippen molar-refractivity contribution in [3.63, 3.8) is 0 Å². The van der Waals surface area contributed by atoms with Gasteiger partial charge in [-0.05, 0) is 12.1 Å². The van der Waals surface area contributed by atoms with Crippen LogP contribution in [0.5, 0.6) is 0 Å². The standard InChI is InChI=1S/C12H15ClN2O2/c1-16-7-8-17-6-5-15-12-4-2-3-11(13)10(12)9-14/h2-4,15H,5-8H2,1H3. The molecule has 0 bridgehead atoms. The van der Waals surface area contributed by atoms with E-state index in [0.717, 1.165) is 5.69 Å². The lowest BCUT2D eigenvalue weighted by Gasteiger charge is -2.09. The molecule has 0 heterocycles. The first-order chi connectivity index (χ1) is 8.29. The van der Waals surface area contributed by atoms with Crippen LogP contribution in [0.2, 0.25) is 5.02 Å². The Hall–Kier alpha value is -1.28. The fourth-order valence-electron chi connectivity index (χ4n) is 1.29. The Labute approximate surface area is 106 Å². The van der Waals surface area contributed by atoms with Crippen LogP contribution in [-0.2, 0) is 9.47 Å². The Bertz CT molecular complexity index is 391. The fourth-order valence-corrected chi connectivity index (χ4v) is 1.50. The van der Waals surface area contributed by atoms with Crippen LogP contribution in [0.4, 0.5) is 5.69 Å². The molecule has 0 unspecified atom stereocenters. The van der Waals surface area contributed by atoms with Gasteiger partial charge in [0.2, 0.25) is 0 Å². The van der Waals surface area contributed by atoms with Crippen molar-refractivity contribution < 1.29 is 9.47 Å². The molecule has 0 fully saturated rings. The smallest absolute Gasteiger partial charge is 0.103 e. The number of rotatable bonds is 7. The number of methoxy groups -OCH3 is 1. The highest BCUT2D eigenvalue weighted by molar-refractivity contribution is 6.32. The molecule has 17 heavy (non-hydrogen) atoms. The van der Waals surface area contributed by atoms with Crippen LogP contribution in [0.15, 0.2) is 18.2 Å². The molecule has 0 aliphatic carbocycles. The summed E-state index contributed by atoms with van der Waals surface area (Å²) >= 11 is 5.90. The lowest BCUT2D eigenvalue weighted by atomic mass is 10.2. The summed E-state index contributed by atoms with van der Waals surface area (Å²) in [6, 6.07) is 7.39. The van der Waals surface area contributed by atoms with Gasteiger partial charge < -0.3 is 14.8 Å². The number of hydrogen-bond acceptors (Lipinski definition) is 4. The fraction of sp³-hybridized carbons (Fsp3) is 0.417. The first-order valence-electron chi connectivity index (χ1n) is 5.28. The monoisotopic (exact) mass is 254 g/mol. The van der Waals surface area contributed by atoms with E-state index in [4.69, 9.17) is 26.3 Å². The second-order valence-corrected chi connectivity index (χ2v) is 3.71. The average molecular weight is 255 g/mol. The molecular weight excluding hydrogens is 240 g/mol. The first kappa shape index (κ1) is 13.8. The minimum absolute atomic E-state index is 0.456. The average Bonchev–Trinajstić information content (AvgIpc) is 2.34. The van der Waals surface area contributed by atoms with Crippen molar-refractivity contribution in [1.82, 2.24) is 0 Å². The van der Waals surface area contributed by atoms with Crippen molar-refractivity contribution >= 4 is 17.3 Å². The number of nitriles is 1. The van der Waals surface area contributed by atoms with E-state index in [1.807, 2.05) is 6.07 Å². The molecule has 0 aliphatic heterocycles. The topological polar surface area (TPSA) is 54.3 Å². The normalized spacial score (nSPS) is 9.94. The van der Waals surface area contributed by atoms with Crippen LogP contribution in [0.1, 0.15) is 5.56 Å². The van der Waals surface area contributed by atoms with Gasteiger partial charge in [0, 0.05) is 13.7 Å². The maximum Gasteiger partial charge on any atom is 0.103 e. The zero-order chi connectivity index (χ0) is 12.5. The second kappa shape index (κ2) is 7.91. The van der Waals surface area contributed by atoms with Gasteiger partial charge >= 0.3 is 0 Å². The lowest BCUT2D eigenvalue weighted by Crippen LogP contribution is -2.12. The van der Waals surface area contributed by atoms with Crippen molar-refractivity contribution in [2.45, 2.75) is 0 Å². The van der Waals surface area contributed by atoms with Crippen LogP contribution in [-0.4, -0.2) is 33.5 Å². The van der Waals surface area contributed by atoms with Crippen LogP contribution >= 0.6 is 11.6 Å². The summed E-state index contributed by atoms with van der Waals surface area (Å²) in [5, 5.41) is 12.5. The Kier molecular flexibility index (Phi) is 6.41. The number of nitrogens with zero attached hydrogens (tertiary/aromatic N) is 1.